The smallest absolute Gasteiger partial charge is 0.294 e. The Morgan fingerprint density at radius 2 is 1.71 bits per heavy atom. The van der Waals surface area contributed by atoms with E-state index in [1.54, 1.807) is 12.1 Å². The second kappa shape index (κ2) is 8.67. The van der Waals surface area contributed by atoms with Crippen LogP contribution in [0.5, 0.6) is 5.75 Å². The van der Waals surface area contributed by atoms with Crippen LogP contribution in [-0.4, -0.2) is 31.3 Å². The number of carbonyl (C=O) groups is 2. The molecule has 0 bridgehead atoms. The van der Waals surface area contributed by atoms with Gasteiger partial charge < -0.3 is 9.67 Å². The number of aryl methyl sites for hydroxylation is 1. The van der Waals surface area contributed by atoms with Crippen LogP contribution in [0.15, 0.2) is 42.6 Å². The minimum absolute atomic E-state index is 0.170. The van der Waals surface area contributed by atoms with Crippen molar-refractivity contribution in [1.82, 2.24) is 25.2 Å². The van der Waals surface area contributed by atoms with Crippen LogP contribution in [0.2, 0.25) is 0 Å². The van der Waals surface area contributed by atoms with Gasteiger partial charge in [0.2, 0.25) is 0 Å². The topological polar surface area (TPSA) is 101 Å². The summed E-state index contributed by atoms with van der Waals surface area (Å²) in [7, 11) is 0. The number of nitrogens with one attached hydrogen (secondary N) is 2. The molecule has 1 aromatic carbocycles. The van der Waals surface area contributed by atoms with Gasteiger partial charge in [-0.3, -0.25) is 20.4 Å². The zero-order chi connectivity index (χ0) is 22.0. The molecule has 162 valence electrons. The van der Waals surface area contributed by atoms with Gasteiger partial charge in [-0.25, -0.2) is 4.68 Å². The molecule has 2 heterocycles. The number of hydrogen-bond donors (Lipinski definition) is 3. The molecule has 1 fully saturated rings. The van der Waals surface area contributed by atoms with Crippen LogP contribution in [0.3, 0.4) is 0 Å². The molecular formula is C23H27N5O3. The highest BCUT2D eigenvalue weighted by Crippen LogP contribution is 2.32. The van der Waals surface area contributed by atoms with Gasteiger partial charge in [0.15, 0.2) is 11.4 Å². The lowest BCUT2D eigenvalue weighted by atomic mass is 9.95. The van der Waals surface area contributed by atoms with E-state index < -0.39 is 11.8 Å². The highest BCUT2D eigenvalue weighted by molar-refractivity contribution is 6.00. The van der Waals surface area contributed by atoms with Gasteiger partial charge in [-0.15, -0.1) is 0 Å². The Kier molecular flexibility index (Phi) is 5.79. The highest BCUT2D eigenvalue weighted by atomic mass is 16.3. The maximum Gasteiger partial charge on any atom is 0.294 e. The molecule has 0 unspecified atom stereocenters. The van der Waals surface area contributed by atoms with Crippen molar-refractivity contribution in [3.8, 4) is 11.4 Å². The van der Waals surface area contributed by atoms with Crippen molar-refractivity contribution in [2.45, 2.75) is 52.0 Å². The summed E-state index contributed by atoms with van der Waals surface area (Å²) in [6.07, 6.45) is 7.28. The standard InChI is InChI=1S/C23H27N5O3/c1-15-13-19(16(2)28(15)18-11-7-4-8-12-18)22(30)24-25-23(31)21-20(29)14-27(26-21)17-9-5-3-6-10-17/h3,5-6,9-10,13-14,18,29H,4,7-8,11-12H2,1-2H3,(H,24,30)(H,25,31). The minimum atomic E-state index is -0.693. The number of para-hydroxylation sites is 1. The number of nitrogens with zero attached hydrogens (tertiary/aromatic N) is 3. The van der Waals surface area contributed by atoms with Crippen LogP contribution in [-0.2, 0) is 0 Å². The lowest BCUT2D eigenvalue weighted by molar-refractivity contribution is 0.0841. The van der Waals surface area contributed by atoms with Gasteiger partial charge in [0.25, 0.3) is 11.8 Å². The third-order valence-electron chi connectivity index (χ3n) is 5.89. The maximum absolute atomic E-state index is 12.7. The number of rotatable bonds is 4. The molecule has 0 spiro atoms. The first-order valence-electron chi connectivity index (χ1n) is 10.6. The number of aromatic hydroxyl groups is 1. The molecular weight excluding hydrogens is 394 g/mol. The summed E-state index contributed by atoms with van der Waals surface area (Å²) in [6, 6.07) is 11.4. The van der Waals surface area contributed by atoms with E-state index in [9.17, 15) is 14.7 Å². The van der Waals surface area contributed by atoms with Crippen LogP contribution in [0.4, 0.5) is 0 Å². The number of benzene rings is 1. The molecule has 1 aliphatic carbocycles. The molecule has 3 N–H and O–H groups in total. The molecule has 2 amide bonds. The van der Waals surface area contributed by atoms with E-state index in [4.69, 9.17) is 0 Å². The zero-order valence-corrected chi connectivity index (χ0v) is 17.8. The number of hydrogen-bond acceptors (Lipinski definition) is 4. The molecule has 0 saturated heterocycles. The summed E-state index contributed by atoms with van der Waals surface area (Å²) in [5.41, 5.74) is 7.80. The zero-order valence-electron chi connectivity index (χ0n) is 17.8. The van der Waals surface area contributed by atoms with E-state index in [1.165, 1.54) is 30.1 Å². The first-order chi connectivity index (χ1) is 15.0. The van der Waals surface area contributed by atoms with Gasteiger partial charge in [0.1, 0.15) is 0 Å². The monoisotopic (exact) mass is 421 g/mol. The summed E-state index contributed by atoms with van der Waals surface area (Å²) in [4.78, 5) is 25.2. The lowest BCUT2D eigenvalue weighted by Crippen LogP contribution is -2.42. The Balaban J connectivity index is 1.45. The molecule has 1 saturated carbocycles. The van der Waals surface area contributed by atoms with Gasteiger partial charge in [0.05, 0.1) is 17.4 Å². The Hall–Kier alpha value is -3.55. The molecule has 2 aromatic heterocycles. The van der Waals surface area contributed by atoms with Crippen LogP contribution >= 0.6 is 0 Å². The molecule has 0 atom stereocenters. The van der Waals surface area contributed by atoms with E-state index in [1.807, 2.05) is 38.1 Å². The lowest BCUT2D eigenvalue weighted by Gasteiger charge is -2.26. The Labute approximate surface area is 180 Å². The van der Waals surface area contributed by atoms with Crippen molar-refractivity contribution in [1.29, 1.82) is 0 Å². The first-order valence-corrected chi connectivity index (χ1v) is 10.6. The summed E-state index contributed by atoms with van der Waals surface area (Å²) in [5.74, 6) is -1.36. The second-order valence-electron chi connectivity index (χ2n) is 8.00. The van der Waals surface area contributed by atoms with E-state index in [0.717, 1.165) is 24.2 Å². The number of hydrazine groups is 1. The Morgan fingerprint density at radius 3 is 2.42 bits per heavy atom. The predicted molar refractivity (Wildman–Crippen MR) is 116 cm³/mol. The Bertz CT molecular complexity index is 1090. The fraction of sp³-hybridized carbons (Fsp3) is 0.348. The molecule has 0 aliphatic heterocycles. The first kappa shape index (κ1) is 20.7. The average molecular weight is 422 g/mol. The predicted octanol–water partition coefficient (Wildman–Crippen LogP) is 3.58. The quantitative estimate of drug-likeness (QED) is 0.561. The average Bonchev–Trinajstić information content (AvgIpc) is 3.32. The number of carbonyl (C=O) groups excluding carboxylic acids is 2. The molecule has 31 heavy (non-hydrogen) atoms. The van der Waals surface area contributed by atoms with Gasteiger partial charge in [-0.1, -0.05) is 37.5 Å². The van der Waals surface area contributed by atoms with Crippen LogP contribution in [0.1, 0.15) is 70.4 Å². The molecule has 1 aliphatic rings. The normalized spacial score (nSPS) is 14.4. The molecule has 8 nitrogen and oxygen atoms in total. The van der Waals surface area contributed by atoms with Crippen LogP contribution in [0, 0.1) is 13.8 Å². The molecule has 4 rings (SSSR count). The summed E-state index contributed by atoms with van der Waals surface area (Å²) in [6.45, 7) is 3.94. The van der Waals surface area contributed by atoms with E-state index in [2.05, 4.69) is 20.5 Å². The minimum Gasteiger partial charge on any atom is -0.504 e. The van der Waals surface area contributed by atoms with E-state index in [-0.39, 0.29) is 11.4 Å². The SMILES string of the molecule is Cc1cc(C(=O)NNC(=O)c2nn(-c3ccccc3)cc2O)c(C)n1C1CCCCC1. The summed E-state index contributed by atoms with van der Waals surface area (Å²) in [5, 5.41) is 14.2. The van der Waals surface area contributed by atoms with Gasteiger partial charge in [-0.2, -0.15) is 5.10 Å². The van der Waals surface area contributed by atoms with Crippen molar-refractivity contribution < 1.29 is 14.7 Å². The number of amides is 2. The van der Waals surface area contributed by atoms with Crippen molar-refractivity contribution >= 4 is 11.8 Å². The molecule has 8 heteroatoms. The molecule has 3 aromatic rings. The van der Waals surface area contributed by atoms with Crippen LogP contribution in [0.25, 0.3) is 5.69 Å². The second-order valence-corrected chi connectivity index (χ2v) is 8.00. The largest absolute Gasteiger partial charge is 0.504 e. The van der Waals surface area contributed by atoms with E-state index >= 15 is 0 Å². The fourth-order valence-corrected chi connectivity index (χ4v) is 4.39. The fourth-order valence-electron chi connectivity index (χ4n) is 4.39. The van der Waals surface area contributed by atoms with Crippen LogP contribution < -0.4 is 10.9 Å². The molecule has 0 radical (unpaired) electrons. The number of aromatic nitrogens is 3. The third-order valence-corrected chi connectivity index (χ3v) is 5.89. The van der Waals surface area contributed by atoms with Gasteiger partial charge in [0, 0.05) is 17.4 Å². The van der Waals surface area contributed by atoms with E-state index in [0.29, 0.717) is 17.3 Å². The van der Waals surface area contributed by atoms with Gasteiger partial charge >= 0.3 is 0 Å². The summed E-state index contributed by atoms with van der Waals surface area (Å²) < 4.78 is 3.65. The summed E-state index contributed by atoms with van der Waals surface area (Å²) >= 11 is 0. The maximum atomic E-state index is 12.7. The van der Waals surface area contributed by atoms with Crippen molar-refractivity contribution in [3.63, 3.8) is 0 Å². The Morgan fingerprint density at radius 1 is 1.03 bits per heavy atom. The van der Waals surface area contributed by atoms with Crippen molar-refractivity contribution in [2.75, 3.05) is 0 Å². The van der Waals surface area contributed by atoms with Gasteiger partial charge in [-0.05, 0) is 44.9 Å². The third kappa shape index (κ3) is 4.19. The highest BCUT2D eigenvalue weighted by Gasteiger charge is 2.23. The van der Waals surface area contributed by atoms with Crippen molar-refractivity contribution in [3.05, 3.63) is 65.2 Å². The van der Waals surface area contributed by atoms with Crippen molar-refractivity contribution in [2.24, 2.45) is 0 Å².